The molecule has 0 aliphatic carbocycles. The van der Waals surface area contributed by atoms with Gasteiger partial charge in [0, 0.05) is 24.7 Å². The number of nitriles is 1. The van der Waals surface area contributed by atoms with Crippen molar-refractivity contribution in [1.29, 1.82) is 5.26 Å². The van der Waals surface area contributed by atoms with Crippen molar-refractivity contribution in [3.63, 3.8) is 0 Å². The van der Waals surface area contributed by atoms with Gasteiger partial charge in [0.25, 0.3) is 0 Å². The molecule has 0 saturated heterocycles. The first-order valence-electron chi connectivity index (χ1n) is 8.64. The van der Waals surface area contributed by atoms with Crippen molar-refractivity contribution in [2.45, 2.75) is 18.7 Å². The van der Waals surface area contributed by atoms with E-state index in [0.29, 0.717) is 6.54 Å². The molecule has 8 heteroatoms. The van der Waals surface area contributed by atoms with Gasteiger partial charge in [-0.15, -0.1) is 0 Å². The monoisotopic (exact) mass is 383 g/mol. The standard InChI is InChI=1S/C20H19F2N5O/c21-17-6-7-18(19(22)10-17)20(28,13-27-15-24-14-25-27)12-26(9-8-23)11-16-4-2-1-3-5-16/h1-7,10,14-15,28H,9,11-13H2. The van der Waals surface area contributed by atoms with Crippen molar-refractivity contribution in [1.82, 2.24) is 19.7 Å². The molecule has 0 bridgehead atoms. The minimum Gasteiger partial charge on any atom is -0.382 e. The number of hydrogen-bond acceptors (Lipinski definition) is 5. The van der Waals surface area contributed by atoms with Crippen LogP contribution in [-0.4, -0.2) is 37.9 Å². The number of aromatic nitrogens is 3. The van der Waals surface area contributed by atoms with E-state index in [2.05, 4.69) is 16.2 Å². The molecular formula is C20H19F2N5O. The van der Waals surface area contributed by atoms with E-state index in [1.165, 1.54) is 23.4 Å². The summed E-state index contributed by atoms with van der Waals surface area (Å²) in [7, 11) is 0. The van der Waals surface area contributed by atoms with Crippen LogP contribution in [0.3, 0.4) is 0 Å². The number of halogens is 2. The zero-order valence-corrected chi connectivity index (χ0v) is 15.0. The quantitative estimate of drug-likeness (QED) is 0.605. The molecule has 28 heavy (non-hydrogen) atoms. The highest BCUT2D eigenvalue weighted by atomic mass is 19.1. The topological polar surface area (TPSA) is 78.0 Å². The summed E-state index contributed by atoms with van der Waals surface area (Å²) >= 11 is 0. The molecule has 1 heterocycles. The first-order valence-corrected chi connectivity index (χ1v) is 8.64. The number of benzene rings is 2. The van der Waals surface area contributed by atoms with Gasteiger partial charge in [0.2, 0.25) is 0 Å². The van der Waals surface area contributed by atoms with Crippen molar-refractivity contribution in [2.24, 2.45) is 0 Å². The molecule has 0 saturated carbocycles. The van der Waals surface area contributed by atoms with Gasteiger partial charge in [0.1, 0.15) is 29.9 Å². The molecule has 0 radical (unpaired) electrons. The zero-order valence-electron chi connectivity index (χ0n) is 15.0. The van der Waals surface area contributed by atoms with Gasteiger partial charge in [0.05, 0.1) is 19.2 Å². The molecule has 0 fully saturated rings. The molecule has 0 aliphatic heterocycles. The minimum absolute atomic E-state index is 0.0252. The van der Waals surface area contributed by atoms with E-state index in [0.717, 1.165) is 17.7 Å². The fourth-order valence-electron chi connectivity index (χ4n) is 3.15. The Labute approximate surface area is 161 Å². The van der Waals surface area contributed by atoms with Crippen molar-refractivity contribution in [2.75, 3.05) is 13.1 Å². The van der Waals surface area contributed by atoms with Gasteiger partial charge in [0.15, 0.2) is 0 Å². The van der Waals surface area contributed by atoms with E-state index in [9.17, 15) is 19.1 Å². The predicted octanol–water partition coefficient (Wildman–Crippen LogP) is 2.47. The minimum atomic E-state index is -1.75. The summed E-state index contributed by atoms with van der Waals surface area (Å²) in [6.45, 7) is 0.248. The second-order valence-electron chi connectivity index (χ2n) is 6.54. The third-order valence-electron chi connectivity index (χ3n) is 4.35. The van der Waals surface area contributed by atoms with Crippen LogP contribution in [0.25, 0.3) is 0 Å². The lowest BCUT2D eigenvalue weighted by Crippen LogP contribution is -2.44. The molecule has 0 amide bonds. The van der Waals surface area contributed by atoms with Crippen molar-refractivity contribution < 1.29 is 13.9 Å². The molecule has 1 N–H and O–H groups in total. The van der Waals surface area contributed by atoms with Gasteiger partial charge < -0.3 is 5.11 Å². The van der Waals surface area contributed by atoms with E-state index >= 15 is 0 Å². The smallest absolute Gasteiger partial charge is 0.137 e. The van der Waals surface area contributed by atoms with Crippen molar-refractivity contribution in [3.05, 3.63) is 83.9 Å². The maximum Gasteiger partial charge on any atom is 0.137 e. The Morgan fingerprint density at radius 1 is 1.18 bits per heavy atom. The highest BCUT2D eigenvalue weighted by molar-refractivity contribution is 5.26. The second-order valence-corrected chi connectivity index (χ2v) is 6.54. The van der Waals surface area contributed by atoms with Crippen molar-refractivity contribution >= 4 is 0 Å². The Morgan fingerprint density at radius 2 is 1.96 bits per heavy atom. The summed E-state index contributed by atoms with van der Waals surface area (Å²) in [4.78, 5) is 5.54. The number of hydrogen-bond donors (Lipinski definition) is 1. The van der Waals surface area contributed by atoms with Gasteiger partial charge in [-0.3, -0.25) is 4.90 Å². The summed E-state index contributed by atoms with van der Waals surface area (Å²) in [6.07, 6.45) is 2.71. The third kappa shape index (κ3) is 4.76. The molecule has 2 aromatic carbocycles. The highest BCUT2D eigenvalue weighted by Gasteiger charge is 2.35. The molecule has 1 atom stereocenters. The maximum atomic E-state index is 14.5. The summed E-state index contributed by atoms with van der Waals surface area (Å²) < 4.78 is 29.3. The molecule has 3 aromatic rings. The summed E-state index contributed by atoms with van der Waals surface area (Å²) in [5.74, 6) is -1.60. The maximum absolute atomic E-state index is 14.5. The van der Waals surface area contributed by atoms with E-state index in [4.69, 9.17) is 0 Å². The van der Waals surface area contributed by atoms with Crippen LogP contribution >= 0.6 is 0 Å². The summed E-state index contributed by atoms with van der Waals surface area (Å²) in [5, 5.41) is 24.6. The molecule has 144 valence electrons. The molecular weight excluding hydrogens is 364 g/mol. The number of nitrogens with zero attached hydrogens (tertiary/aromatic N) is 5. The molecule has 3 rings (SSSR count). The van der Waals surface area contributed by atoms with Crippen LogP contribution in [0.4, 0.5) is 8.78 Å². The largest absolute Gasteiger partial charge is 0.382 e. The van der Waals surface area contributed by atoms with Crippen molar-refractivity contribution in [3.8, 4) is 6.07 Å². The van der Waals surface area contributed by atoms with Crippen LogP contribution in [-0.2, 0) is 18.7 Å². The Kier molecular flexibility index (Phi) is 6.09. The molecule has 0 spiro atoms. The van der Waals surface area contributed by atoms with E-state index < -0.39 is 17.2 Å². The lowest BCUT2D eigenvalue weighted by molar-refractivity contribution is -0.0206. The Hall–Kier alpha value is -3.15. The first kappa shape index (κ1) is 19.6. The van der Waals surface area contributed by atoms with Gasteiger partial charge in [-0.05, 0) is 11.6 Å². The van der Waals surface area contributed by atoms with Gasteiger partial charge in [-0.1, -0.05) is 36.4 Å². The predicted molar refractivity (Wildman–Crippen MR) is 97.6 cm³/mol. The highest BCUT2D eigenvalue weighted by Crippen LogP contribution is 2.28. The van der Waals surface area contributed by atoms with Gasteiger partial charge in [-0.2, -0.15) is 10.4 Å². The Bertz CT molecular complexity index is 943. The SMILES string of the molecule is N#CCN(Cc1ccccc1)CC(O)(Cn1cncn1)c1ccc(F)cc1F. The van der Waals surface area contributed by atoms with Crippen LogP contribution in [0.2, 0.25) is 0 Å². The van der Waals surface area contributed by atoms with Crippen LogP contribution in [0.1, 0.15) is 11.1 Å². The van der Waals surface area contributed by atoms with Crippen LogP contribution in [0.5, 0.6) is 0 Å². The lowest BCUT2D eigenvalue weighted by Gasteiger charge is -2.34. The molecule has 1 aromatic heterocycles. The van der Waals surface area contributed by atoms with Crippen LogP contribution in [0.15, 0.2) is 61.2 Å². The van der Waals surface area contributed by atoms with E-state index in [1.807, 2.05) is 30.3 Å². The zero-order chi connectivity index (χ0) is 20.0. The third-order valence-corrected chi connectivity index (χ3v) is 4.35. The molecule has 1 unspecified atom stereocenters. The lowest BCUT2D eigenvalue weighted by atomic mass is 9.92. The normalized spacial score (nSPS) is 13.2. The van der Waals surface area contributed by atoms with E-state index in [-0.39, 0.29) is 25.2 Å². The fourth-order valence-corrected chi connectivity index (χ4v) is 3.15. The Morgan fingerprint density at radius 3 is 2.61 bits per heavy atom. The summed E-state index contributed by atoms with van der Waals surface area (Å²) in [6, 6.07) is 14.5. The fraction of sp³-hybridized carbons (Fsp3) is 0.250. The average Bonchev–Trinajstić information content (AvgIpc) is 3.15. The van der Waals surface area contributed by atoms with Gasteiger partial charge >= 0.3 is 0 Å². The van der Waals surface area contributed by atoms with Crippen LogP contribution in [0, 0.1) is 23.0 Å². The Balaban J connectivity index is 1.93. The van der Waals surface area contributed by atoms with E-state index in [1.54, 1.807) is 4.90 Å². The number of rotatable bonds is 8. The summed E-state index contributed by atoms with van der Waals surface area (Å²) in [5.41, 5.74) is -0.877. The molecule has 6 nitrogen and oxygen atoms in total. The first-order chi connectivity index (χ1) is 13.5. The average molecular weight is 383 g/mol. The molecule has 0 aliphatic rings. The second kappa shape index (κ2) is 8.69. The number of aliphatic hydroxyl groups is 1. The van der Waals surface area contributed by atoms with Gasteiger partial charge in [-0.25, -0.2) is 18.4 Å². The van der Waals surface area contributed by atoms with Crippen LogP contribution < -0.4 is 0 Å².